The molecule has 1 heterocycles. The molecular weight excluding hydrogens is 270 g/mol. The van der Waals surface area contributed by atoms with E-state index in [4.69, 9.17) is 14.2 Å². The molecule has 5 heteroatoms. The molecule has 21 heavy (non-hydrogen) atoms. The number of aliphatic hydroxyl groups is 1. The van der Waals surface area contributed by atoms with Crippen molar-refractivity contribution >= 4 is 0 Å². The van der Waals surface area contributed by atoms with Crippen molar-refractivity contribution in [3.63, 3.8) is 0 Å². The average Bonchev–Trinajstić information content (AvgIpc) is 2.81. The van der Waals surface area contributed by atoms with Crippen molar-refractivity contribution in [3.05, 3.63) is 17.7 Å². The Morgan fingerprint density at radius 3 is 2.48 bits per heavy atom. The Kier molecular flexibility index (Phi) is 5.70. The van der Waals surface area contributed by atoms with Gasteiger partial charge >= 0.3 is 0 Å². The summed E-state index contributed by atoms with van der Waals surface area (Å²) in [4.78, 5) is 0. The topological polar surface area (TPSA) is 60.0 Å². The van der Waals surface area contributed by atoms with Gasteiger partial charge in [0.05, 0.1) is 27.4 Å². The molecule has 1 aliphatic rings. The molecule has 5 nitrogen and oxygen atoms in total. The third kappa shape index (κ3) is 3.41. The second-order valence-corrected chi connectivity index (χ2v) is 5.28. The highest BCUT2D eigenvalue weighted by molar-refractivity contribution is 5.56. The number of hydrogen-bond acceptors (Lipinski definition) is 5. The Morgan fingerprint density at radius 2 is 1.81 bits per heavy atom. The fourth-order valence-corrected chi connectivity index (χ4v) is 2.90. The van der Waals surface area contributed by atoms with Crippen LogP contribution in [-0.2, 0) is 0 Å². The largest absolute Gasteiger partial charge is 0.493 e. The van der Waals surface area contributed by atoms with Gasteiger partial charge in [0, 0.05) is 11.6 Å². The van der Waals surface area contributed by atoms with Gasteiger partial charge in [-0.05, 0) is 31.5 Å². The van der Waals surface area contributed by atoms with Crippen molar-refractivity contribution in [2.75, 3.05) is 27.9 Å². The smallest absolute Gasteiger partial charge is 0.203 e. The van der Waals surface area contributed by atoms with Gasteiger partial charge in [-0.2, -0.15) is 0 Å². The highest BCUT2D eigenvalue weighted by Crippen LogP contribution is 2.43. The lowest BCUT2D eigenvalue weighted by atomic mass is 9.97. The first-order chi connectivity index (χ1) is 10.2. The van der Waals surface area contributed by atoms with Gasteiger partial charge in [-0.15, -0.1) is 0 Å². The molecule has 1 aromatic rings. The second-order valence-electron chi connectivity index (χ2n) is 5.28. The Labute approximate surface area is 126 Å². The number of benzene rings is 1. The number of nitrogens with one attached hydrogen (secondary N) is 1. The Hall–Kier alpha value is -1.46. The Balaban J connectivity index is 2.33. The Morgan fingerprint density at radius 1 is 1.05 bits per heavy atom. The van der Waals surface area contributed by atoms with Crippen LogP contribution in [-0.4, -0.2) is 39.0 Å². The van der Waals surface area contributed by atoms with Gasteiger partial charge in [0.15, 0.2) is 11.5 Å². The van der Waals surface area contributed by atoms with Gasteiger partial charge in [-0.3, -0.25) is 0 Å². The summed E-state index contributed by atoms with van der Waals surface area (Å²) < 4.78 is 16.1. The number of hydrogen-bond donors (Lipinski definition) is 2. The van der Waals surface area contributed by atoms with E-state index in [0.717, 1.165) is 31.4 Å². The van der Waals surface area contributed by atoms with Crippen LogP contribution in [0.5, 0.6) is 17.2 Å². The maximum atomic E-state index is 10.7. The first kappa shape index (κ1) is 15.9. The van der Waals surface area contributed by atoms with E-state index in [0.29, 0.717) is 17.2 Å². The van der Waals surface area contributed by atoms with E-state index in [9.17, 15) is 5.11 Å². The van der Waals surface area contributed by atoms with E-state index in [1.165, 1.54) is 6.42 Å². The fourth-order valence-electron chi connectivity index (χ4n) is 2.90. The van der Waals surface area contributed by atoms with Crippen LogP contribution in [0.2, 0.25) is 0 Å². The van der Waals surface area contributed by atoms with Crippen LogP contribution in [0.25, 0.3) is 0 Å². The maximum Gasteiger partial charge on any atom is 0.203 e. The molecule has 0 aliphatic carbocycles. The third-order valence-electron chi connectivity index (χ3n) is 4.03. The number of methoxy groups -OCH3 is 3. The molecule has 2 N–H and O–H groups in total. The predicted molar refractivity (Wildman–Crippen MR) is 81.3 cm³/mol. The van der Waals surface area contributed by atoms with Gasteiger partial charge in [-0.1, -0.05) is 12.8 Å². The minimum atomic E-state index is -0.627. The van der Waals surface area contributed by atoms with Crippen molar-refractivity contribution in [1.29, 1.82) is 0 Å². The lowest BCUT2D eigenvalue weighted by Crippen LogP contribution is -2.34. The van der Waals surface area contributed by atoms with Crippen LogP contribution >= 0.6 is 0 Å². The zero-order chi connectivity index (χ0) is 15.2. The lowest BCUT2D eigenvalue weighted by Gasteiger charge is -2.25. The molecule has 0 saturated carbocycles. The standard InChI is InChI=1S/C16H25NO4/c1-19-13-9-8-11(15(20-2)16(13)21-3)14(18)12-7-5-4-6-10-17-12/h8-9,12,14,17-18H,4-7,10H2,1-3H3. The van der Waals surface area contributed by atoms with Gasteiger partial charge in [0.1, 0.15) is 0 Å². The average molecular weight is 295 g/mol. The van der Waals surface area contributed by atoms with Crippen molar-refractivity contribution in [1.82, 2.24) is 5.32 Å². The minimum Gasteiger partial charge on any atom is -0.493 e. The monoisotopic (exact) mass is 295 g/mol. The highest BCUT2D eigenvalue weighted by Gasteiger charge is 2.27. The molecule has 1 aliphatic heterocycles. The third-order valence-corrected chi connectivity index (χ3v) is 4.03. The van der Waals surface area contributed by atoms with Crippen LogP contribution in [0.4, 0.5) is 0 Å². The minimum absolute atomic E-state index is 0.0412. The summed E-state index contributed by atoms with van der Waals surface area (Å²) in [7, 11) is 4.73. The van der Waals surface area contributed by atoms with Crippen LogP contribution in [0.3, 0.4) is 0 Å². The molecule has 0 spiro atoms. The summed E-state index contributed by atoms with van der Waals surface area (Å²) >= 11 is 0. The molecule has 2 rings (SSSR count). The molecule has 0 aromatic heterocycles. The van der Waals surface area contributed by atoms with E-state index in [1.54, 1.807) is 27.4 Å². The molecule has 0 amide bonds. The van der Waals surface area contributed by atoms with Crippen LogP contribution in [0, 0.1) is 0 Å². The molecule has 1 saturated heterocycles. The molecule has 0 radical (unpaired) electrons. The van der Waals surface area contributed by atoms with E-state index < -0.39 is 6.10 Å². The zero-order valence-electron chi connectivity index (χ0n) is 13.0. The van der Waals surface area contributed by atoms with Crippen molar-refractivity contribution < 1.29 is 19.3 Å². The fraction of sp³-hybridized carbons (Fsp3) is 0.625. The molecule has 2 unspecified atom stereocenters. The van der Waals surface area contributed by atoms with E-state index in [1.807, 2.05) is 6.07 Å². The van der Waals surface area contributed by atoms with Gasteiger partial charge in [-0.25, -0.2) is 0 Å². The number of rotatable bonds is 5. The van der Waals surface area contributed by atoms with E-state index in [2.05, 4.69) is 5.32 Å². The summed E-state index contributed by atoms with van der Waals surface area (Å²) in [5.41, 5.74) is 0.731. The van der Waals surface area contributed by atoms with Crippen LogP contribution < -0.4 is 19.5 Å². The van der Waals surface area contributed by atoms with Crippen molar-refractivity contribution in [2.45, 2.75) is 37.8 Å². The molecule has 118 valence electrons. The summed E-state index contributed by atoms with van der Waals surface area (Å²) in [6.45, 7) is 0.942. The summed E-state index contributed by atoms with van der Waals surface area (Å²) in [5.74, 6) is 1.65. The quantitative estimate of drug-likeness (QED) is 0.872. The molecule has 0 bridgehead atoms. The van der Waals surface area contributed by atoms with Crippen molar-refractivity contribution in [2.24, 2.45) is 0 Å². The van der Waals surface area contributed by atoms with Crippen LogP contribution in [0.15, 0.2) is 12.1 Å². The summed E-state index contributed by atoms with van der Waals surface area (Å²) in [6.07, 6.45) is 3.83. The number of aliphatic hydroxyl groups excluding tert-OH is 1. The normalized spacial score (nSPS) is 20.5. The number of ether oxygens (including phenoxy) is 3. The Bertz CT molecular complexity index is 456. The summed E-state index contributed by atoms with van der Waals surface area (Å²) in [5, 5.41) is 14.1. The predicted octanol–water partition coefficient (Wildman–Crippen LogP) is 2.28. The summed E-state index contributed by atoms with van der Waals surface area (Å²) in [6, 6.07) is 3.69. The lowest BCUT2D eigenvalue weighted by molar-refractivity contribution is 0.122. The van der Waals surface area contributed by atoms with Crippen molar-refractivity contribution in [3.8, 4) is 17.2 Å². The van der Waals surface area contributed by atoms with Gasteiger partial charge in [0.2, 0.25) is 5.75 Å². The highest BCUT2D eigenvalue weighted by atomic mass is 16.5. The molecular formula is C16H25NO4. The van der Waals surface area contributed by atoms with E-state index in [-0.39, 0.29) is 6.04 Å². The first-order valence-corrected chi connectivity index (χ1v) is 7.43. The van der Waals surface area contributed by atoms with Gasteiger partial charge in [0.25, 0.3) is 0 Å². The molecule has 2 atom stereocenters. The van der Waals surface area contributed by atoms with Crippen LogP contribution in [0.1, 0.15) is 37.4 Å². The molecule has 1 aromatic carbocycles. The SMILES string of the molecule is COc1ccc(C(O)C2CCCCCN2)c(OC)c1OC. The first-order valence-electron chi connectivity index (χ1n) is 7.43. The van der Waals surface area contributed by atoms with E-state index >= 15 is 0 Å². The second kappa shape index (κ2) is 7.52. The van der Waals surface area contributed by atoms with Gasteiger partial charge < -0.3 is 24.6 Å². The maximum absolute atomic E-state index is 10.7. The zero-order valence-corrected chi connectivity index (χ0v) is 13.0. The molecule has 1 fully saturated rings.